The lowest BCUT2D eigenvalue weighted by molar-refractivity contribution is 0.465. The first-order valence-corrected chi connectivity index (χ1v) is 11.5. The third-order valence-electron chi connectivity index (χ3n) is 4.34. The van der Waals surface area contributed by atoms with Crippen molar-refractivity contribution in [3.8, 4) is 17.2 Å². The lowest BCUT2D eigenvalue weighted by Gasteiger charge is -2.16. The van der Waals surface area contributed by atoms with E-state index in [0.29, 0.717) is 11.5 Å². The van der Waals surface area contributed by atoms with Crippen molar-refractivity contribution in [3.63, 3.8) is 0 Å². The van der Waals surface area contributed by atoms with Gasteiger partial charge in [0.05, 0.1) is 20.0 Å². The van der Waals surface area contributed by atoms with E-state index in [1.165, 1.54) is 0 Å². The molecule has 0 radical (unpaired) electrons. The van der Waals surface area contributed by atoms with Crippen LogP contribution in [0.5, 0.6) is 5.75 Å². The summed E-state index contributed by atoms with van der Waals surface area (Å²) in [7, 11) is 0. The molecule has 0 amide bonds. The Kier molecular flexibility index (Phi) is 5.19. The maximum absolute atomic E-state index is 10.3. The van der Waals surface area contributed by atoms with Crippen molar-refractivity contribution in [2.24, 2.45) is 5.73 Å². The average molecular weight is 415 g/mol. The van der Waals surface area contributed by atoms with Crippen molar-refractivity contribution in [1.29, 1.82) is 0 Å². The molecular formula is C20H18N2O2S3. The number of nitrogens with zero attached hydrogens (tertiary/aromatic N) is 1. The van der Waals surface area contributed by atoms with Gasteiger partial charge in [0.25, 0.3) is 0 Å². The number of aromatic nitrogens is 1. The van der Waals surface area contributed by atoms with Crippen molar-refractivity contribution in [2.75, 3.05) is 12.5 Å². The summed E-state index contributed by atoms with van der Waals surface area (Å²) in [5.41, 5.74) is 10.8. The molecule has 0 aliphatic heterocycles. The number of hydrogen-bond acceptors (Lipinski definition) is 7. The number of nitrogens with two attached hydrogens (primary N) is 1. The summed E-state index contributed by atoms with van der Waals surface area (Å²) in [5, 5.41) is 10.3. The number of oxazole rings is 1. The fraction of sp³-hybridized carbons (Fsp3) is 0.150. The maximum atomic E-state index is 10.3. The molecule has 0 aliphatic carbocycles. The number of benzene rings is 2. The van der Waals surface area contributed by atoms with Crippen molar-refractivity contribution in [1.82, 2.24) is 4.98 Å². The highest BCUT2D eigenvalue weighted by molar-refractivity contribution is 8.03. The minimum absolute atomic E-state index is 0.192. The maximum Gasteiger partial charge on any atom is 0.229 e. The Bertz CT molecular complexity index is 1070. The predicted molar refractivity (Wildman–Crippen MR) is 115 cm³/mol. The van der Waals surface area contributed by atoms with E-state index in [9.17, 15) is 5.11 Å². The van der Waals surface area contributed by atoms with Crippen LogP contribution in [0.15, 0.2) is 61.4 Å². The van der Waals surface area contributed by atoms with E-state index in [2.05, 4.69) is 0 Å². The van der Waals surface area contributed by atoms with Crippen molar-refractivity contribution >= 4 is 46.0 Å². The summed E-state index contributed by atoms with van der Waals surface area (Å²) in [6.45, 7) is 0. The van der Waals surface area contributed by atoms with Gasteiger partial charge in [-0.05, 0) is 30.7 Å². The van der Waals surface area contributed by atoms with Crippen LogP contribution in [0.25, 0.3) is 22.6 Å². The summed E-state index contributed by atoms with van der Waals surface area (Å²) in [6.07, 6.45) is 4.07. The highest BCUT2D eigenvalue weighted by Crippen LogP contribution is 2.49. The number of rotatable bonds is 5. The normalized spacial score (nSPS) is 12.6. The molecule has 0 saturated carbocycles. The van der Waals surface area contributed by atoms with Crippen LogP contribution in [0.2, 0.25) is 0 Å². The fourth-order valence-corrected chi connectivity index (χ4v) is 6.05. The topological polar surface area (TPSA) is 72.3 Å². The Hall–Kier alpha value is -1.93. The molecule has 2 aromatic carbocycles. The number of fused-ring (bicyclic) bond motifs is 1. The Balaban J connectivity index is 1.95. The first-order valence-electron chi connectivity index (χ1n) is 8.28. The quantitative estimate of drug-likeness (QED) is 0.405. The lowest BCUT2D eigenvalue weighted by atomic mass is 9.98. The average Bonchev–Trinajstić information content (AvgIpc) is 3.28. The van der Waals surface area contributed by atoms with Gasteiger partial charge in [0, 0.05) is 11.1 Å². The highest BCUT2D eigenvalue weighted by atomic mass is 32.2. The van der Waals surface area contributed by atoms with Crippen molar-refractivity contribution in [3.05, 3.63) is 59.7 Å². The SMILES string of the molecule is CSc1sc(SC)c(C(N)c2ccccc2O)c1-c1nc2ccccc2o1. The van der Waals surface area contributed by atoms with Gasteiger partial charge in [-0.15, -0.1) is 34.9 Å². The first kappa shape index (κ1) is 18.4. The molecular weight excluding hydrogens is 396 g/mol. The van der Waals surface area contributed by atoms with Crippen LogP contribution in [0, 0.1) is 0 Å². The number of aromatic hydroxyl groups is 1. The molecule has 0 bridgehead atoms. The number of phenols is 1. The third kappa shape index (κ3) is 3.25. The minimum atomic E-state index is -0.476. The van der Waals surface area contributed by atoms with Crippen LogP contribution in [0.4, 0.5) is 0 Å². The van der Waals surface area contributed by atoms with Crippen LogP contribution >= 0.6 is 34.9 Å². The van der Waals surface area contributed by atoms with Gasteiger partial charge in [-0.2, -0.15) is 0 Å². The number of hydrogen-bond donors (Lipinski definition) is 2. The molecule has 1 unspecified atom stereocenters. The molecule has 4 rings (SSSR count). The van der Waals surface area contributed by atoms with Gasteiger partial charge in [0.2, 0.25) is 5.89 Å². The van der Waals surface area contributed by atoms with E-state index in [-0.39, 0.29) is 5.75 Å². The number of phenolic OH excluding ortho intramolecular Hbond substituents is 1. The molecule has 4 nitrogen and oxygen atoms in total. The molecule has 0 fully saturated rings. The zero-order chi connectivity index (χ0) is 19.0. The molecule has 1 atom stereocenters. The molecule has 3 N–H and O–H groups in total. The first-order chi connectivity index (χ1) is 13.1. The summed E-state index contributed by atoms with van der Waals surface area (Å²) in [6, 6.07) is 14.4. The molecule has 27 heavy (non-hydrogen) atoms. The van der Waals surface area contributed by atoms with E-state index in [1.54, 1.807) is 47.0 Å². The zero-order valence-corrected chi connectivity index (χ0v) is 17.3. The summed E-state index contributed by atoms with van der Waals surface area (Å²) in [4.78, 5) is 4.70. The van der Waals surface area contributed by atoms with Gasteiger partial charge < -0.3 is 15.3 Å². The van der Waals surface area contributed by atoms with E-state index in [1.807, 2.05) is 48.9 Å². The molecule has 0 spiro atoms. The second-order valence-electron chi connectivity index (χ2n) is 5.90. The molecule has 2 heterocycles. The number of para-hydroxylation sites is 3. The molecule has 2 aromatic heterocycles. The van der Waals surface area contributed by atoms with Crippen LogP contribution in [-0.4, -0.2) is 22.6 Å². The molecule has 138 valence electrons. The van der Waals surface area contributed by atoms with Gasteiger partial charge >= 0.3 is 0 Å². The van der Waals surface area contributed by atoms with Crippen LogP contribution < -0.4 is 5.73 Å². The van der Waals surface area contributed by atoms with Crippen LogP contribution in [0.3, 0.4) is 0 Å². The van der Waals surface area contributed by atoms with E-state index in [4.69, 9.17) is 15.1 Å². The largest absolute Gasteiger partial charge is 0.508 e. The second kappa shape index (κ2) is 7.59. The number of thioether (sulfide) groups is 2. The predicted octanol–water partition coefficient (Wildman–Crippen LogP) is 5.75. The van der Waals surface area contributed by atoms with Gasteiger partial charge in [-0.3, -0.25) is 0 Å². The molecule has 7 heteroatoms. The van der Waals surface area contributed by atoms with Crippen molar-refractivity contribution in [2.45, 2.75) is 14.5 Å². The van der Waals surface area contributed by atoms with Gasteiger partial charge in [-0.1, -0.05) is 30.3 Å². The number of thiophene rings is 1. The Morgan fingerprint density at radius 1 is 1.04 bits per heavy atom. The van der Waals surface area contributed by atoms with Crippen LogP contribution in [-0.2, 0) is 0 Å². The third-order valence-corrected chi connectivity index (χ3v) is 7.80. The van der Waals surface area contributed by atoms with E-state index in [0.717, 1.165) is 30.6 Å². The minimum Gasteiger partial charge on any atom is -0.508 e. The van der Waals surface area contributed by atoms with Gasteiger partial charge in [0.15, 0.2) is 5.58 Å². The smallest absolute Gasteiger partial charge is 0.229 e. The summed E-state index contributed by atoms with van der Waals surface area (Å²) >= 11 is 4.99. The zero-order valence-electron chi connectivity index (χ0n) is 14.8. The Morgan fingerprint density at radius 2 is 1.74 bits per heavy atom. The van der Waals surface area contributed by atoms with Crippen molar-refractivity contribution < 1.29 is 9.52 Å². The summed E-state index contributed by atoms with van der Waals surface area (Å²) in [5.74, 6) is 0.760. The van der Waals surface area contributed by atoms with E-state index >= 15 is 0 Å². The van der Waals surface area contributed by atoms with Crippen LogP contribution in [0.1, 0.15) is 17.2 Å². The standard InChI is InChI=1S/C20H18N2O2S3/c1-25-19-15(17(21)11-7-3-5-9-13(11)23)16(20(26-2)27-19)18-22-12-8-4-6-10-14(12)24-18/h3-10,17,23H,21H2,1-2H3. The fourth-order valence-electron chi connectivity index (χ4n) is 3.07. The Morgan fingerprint density at radius 3 is 2.44 bits per heavy atom. The monoisotopic (exact) mass is 414 g/mol. The molecule has 4 aromatic rings. The Labute approximate surface area is 169 Å². The summed E-state index contributed by atoms with van der Waals surface area (Å²) < 4.78 is 8.27. The lowest BCUT2D eigenvalue weighted by Crippen LogP contribution is -2.13. The van der Waals surface area contributed by atoms with Gasteiger partial charge in [0.1, 0.15) is 11.3 Å². The molecule has 0 aliphatic rings. The van der Waals surface area contributed by atoms with Gasteiger partial charge in [-0.25, -0.2) is 4.98 Å². The molecule has 0 saturated heterocycles. The van der Waals surface area contributed by atoms with E-state index < -0.39 is 6.04 Å². The highest BCUT2D eigenvalue weighted by Gasteiger charge is 2.28. The second-order valence-corrected chi connectivity index (χ2v) is 9.07.